The lowest BCUT2D eigenvalue weighted by Gasteiger charge is -2.08. The Hall–Kier alpha value is -4.01. The second-order valence-electron chi connectivity index (χ2n) is 5.63. The summed E-state index contributed by atoms with van der Waals surface area (Å²) in [5, 5.41) is 22.9. The van der Waals surface area contributed by atoms with E-state index in [1.54, 1.807) is 24.3 Å². The topological polar surface area (TPSA) is 124 Å². The molecule has 0 aliphatic rings. The Morgan fingerprint density at radius 3 is 2.23 bits per heavy atom. The number of fused-ring (bicyclic) bond motifs is 3. The van der Waals surface area contributed by atoms with Crippen molar-refractivity contribution < 1.29 is 9.85 Å². The number of rotatable bonds is 3. The number of aromatic nitrogens is 2. The third-order valence-corrected chi connectivity index (χ3v) is 4.15. The molecule has 0 radical (unpaired) electrons. The molecule has 0 aliphatic carbocycles. The van der Waals surface area contributed by atoms with Gasteiger partial charge in [-0.15, -0.1) is 0 Å². The van der Waals surface area contributed by atoms with Gasteiger partial charge in [-0.1, -0.05) is 18.2 Å². The number of nitrogens with one attached hydrogen (secondary N) is 1. The molecule has 0 aliphatic heterocycles. The molecule has 2 aromatic carbocycles. The molecule has 0 bridgehead atoms. The Morgan fingerprint density at radius 2 is 1.58 bits per heavy atom. The monoisotopic (exact) mass is 350 g/mol. The fraction of sp³-hybridized carbons (Fsp3) is 0. The van der Waals surface area contributed by atoms with Crippen molar-refractivity contribution in [3.05, 3.63) is 85.2 Å². The van der Waals surface area contributed by atoms with Crippen LogP contribution < -0.4 is 5.56 Å². The highest BCUT2D eigenvalue weighted by Crippen LogP contribution is 2.28. The third kappa shape index (κ3) is 2.22. The fourth-order valence-electron chi connectivity index (χ4n) is 3.01. The van der Waals surface area contributed by atoms with Gasteiger partial charge in [-0.3, -0.25) is 29.6 Å². The van der Waals surface area contributed by atoms with E-state index >= 15 is 0 Å². The first-order valence-corrected chi connectivity index (χ1v) is 7.53. The van der Waals surface area contributed by atoms with Crippen molar-refractivity contribution >= 4 is 33.3 Å². The first kappa shape index (κ1) is 15.5. The molecule has 9 nitrogen and oxygen atoms in total. The minimum atomic E-state index is -0.805. The van der Waals surface area contributed by atoms with Gasteiger partial charge in [-0.05, 0) is 18.2 Å². The summed E-state index contributed by atoms with van der Waals surface area (Å²) in [5.41, 5.74) is 0.406. The molecule has 4 rings (SSSR count). The lowest BCUT2D eigenvalue weighted by molar-refractivity contribution is -0.386. The smallest absolute Gasteiger partial charge is 0.336 e. The maximum Gasteiger partial charge on any atom is 0.336 e. The molecule has 4 aromatic rings. The molecule has 1 N–H and O–H groups in total. The molecular formula is C17H10N4O5. The number of benzene rings is 2. The van der Waals surface area contributed by atoms with Gasteiger partial charge in [0.05, 0.1) is 26.6 Å². The van der Waals surface area contributed by atoms with Gasteiger partial charge >= 0.3 is 11.2 Å². The number of non-ortho nitro benzene ring substituents is 1. The van der Waals surface area contributed by atoms with Crippen LogP contribution in [0.3, 0.4) is 0 Å². The molecular weight excluding hydrogens is 340 g/mol. The Morgan fingerprint density at radius 1 is 0.885 bits per heavy atom. The maximum atomic E-state index is 12.8. The Kier molecular flexibility index (Phi) is 3.29. The second kappa shape index (κ2) is 5.52. The van der Waals surface area contributed by atoms with Crippen molar-refractivity contribution in [3.63, 3.8) is 0 Å². The van der Waals surface area contributed by atoms with Crippen LogP contribution in [0.4, 0.5) is 11.4 Å². The molecule has 0 fully saturated rings. The molecule has 9 heteroatoms. The Labute approximate surface area is 144 Å². The first-order chi connectivity index (χ1) is 12.5. The molecule has 0 atom stereocenters. The molecule has 26 heavy (non-hydrogen) atoms. The molecule has 0 amide bonds. The number of H-pyrrole nitrogens is 1. The zero-order chi connectivity index (χ0) is 18.4. The minimum Gasteiger partial charge on any atom is -0.353 e. The highest BCUT2D eigenvalue weighted by Gasteiger charge is 2.22. The zero-order valence-electron chi connectivity index (χ0n) is 13.1. The van der Waals surface area contributed by atoms with Crippen LogP contribution >= 0.6 is 0 Å². The quantitative estimate of drug-likeness (QED) is 0.448. The fourth-order valence-corrected chi connectivity index (χ4v) is 3.01. The number of nitro benzene ring substituents is 1. The van der Waals surface area contributed by atoms with Crippen molar-refractivity contribution in [1.29, 1.82) is 0 Å². The molecule has 128 valence electrons. The average Bonchev–Trinajstić information content (AvgIpc) is 2.99. The van der Waals surface area contributed by atoms with Crippen LogP contribution in [0.1, 0.15) is 0 Å². The van der Waals surface area contributed by atoms with Crippen molar-refractivity contribution in [3.8, 4) is 5.69 Å². The van der Waals surface area contributed by atoms with E-state index in [0.29, 0.717) is 22.1 Å². The largest absolute Gasteiger partial charge is 0.353 e. The van der Waals surface area contributed by atoms with Gasteiger partial charge < -0.3 is 4.98 Å². The number of hydrogen-bond donors (Lipinski definition) is 1. The summed E-state index contributed by atoms with van der Waals surface area (Å²) in [6.45, 7) is 0. The van der Waals surface area contributed by atoms with Crippen LogP contribution in [0.15, 0.2) is 59.4 Å². The zero-order valence-corrected chi connectivity index (χ0v) is 13.1. The average molecular weight is 350 g/mol. The lowest BCUT2D eigenvalue weighted by atomic mass is 10.2. The number of nitro groups is 2. The van der Waals surface area contributed by atoms with E-state index in [1.165, 1.54) is 34.9 Å². The van der Waals surface area contributed by atoms with Crippen LogP contribution in [-0.2, 0) is 0 Å². The summed E-state index contributed by atoms with van der Waals surface area (Å²) in [6, 6.07) is 13.7. The van der Waals surface area contributed by atoms with Crippen molar-refractivity contribution in [2.45, 2.75) is 0 Å². The molecule has 2 heterocycles. The van der Waals surface area contributed by atoms with Gasteiger partial charge in [-0.25, -0.2) is 0 Å². The number of aromatic amines is 1. The second-order valence-corrected chi connectivity index (χ2v) is 5.63. The summed E-state index contributed by atoms with van der Waals surface area (Å²) in [7, 11) is 0. The van der Waals surface area contributed by atoms with Crippen LogP contribution in [0.5, 0.6) is 0 Å². The van der Waals surface area contributed by atoms with E-state index in [1.807, 2.05) is 0 Å². The standard InChI is InChI=1S/C17H10N4O5/c22-17-15(21(25)26)9-14-16(12-3-1-2-4-13(12)18-14)19(17)10-5-7-11(8-6-10)20(23)24/h1-9,18H. The molecule has 2 aromatic heterocycles. The summed E-state index contributed by atoms with van der Waals surface area (Å²) in [6.07, 6.45) is 0. The summed E-state index contributed by atoms with van der Waals surface area (Å²) >= 11 is 0. The SMILES string of the molecule is O=c1c([N+](=O)[O-])cc2[nH]c3ccccc3c2n1-c1ccc([N+](=O)[O-])cc1. The van der Waals surface area contributed by atoms with E-state index in [0.717, 1.165) is 5.52 Å². The number of nitrogens with zero attached hydrogens (tertiary/aromatic N) is 3. The highest BCUT2D eigenvalue weighted by atomic mass is 16.6. The predicted molar refractivity (Wildman–Crippen MR) is 94.7 cm³/mol. The van der Waals surface area contributed by atoms with Crippen LogP contribution in [0.2, 0.25) is 0 Å². The van der Waals surface area contributed by atoms with Gasteiger partial charge in [0.25, 0.3) is 5.69 Å². The summed E-state index contributed by atoms with van der Waals surface area (Å²) < 4.78 is 1.20. The van der Waals surface area contributed by atoms with Gasteiger partial charge in [0.2, 0.25) is 0 Å². The Balaban J connectivity index is 2.14. The number of para-hydroxylation sites is 1. The molecule has 0 saturated heterocycles. The van der Waals surface area contributed by atoms with E-state index in [-0.39, 0.29) is 5.69 Å². The van der Waals surface area contributed by atoms with Crippen LogP contribution in [0, 0.1) is 20.2 Å². The number of hydrogen-bond acceptors (Lipinski definition) is 5. The molecule has 0 spiro atoms. The lowest BCUT2D eigenvalue weighted by Crippen LogP contribution is -2.21. The van der Waals surface area contributed by atoms with E-state index in [9.17, 15) is 25.0 Å². The first-order valence-electron chi connectivity index (χ1n) is 7.53. The van der Waals surface area contributed by atoms with Gasteiger partial charge in [0, 0.05) is 29.1 Å². The molecule has 0 saturated carbocycles. The van der Waals surface area contributed by atoms with Crippen molar-refractivity contribution in [2.75, 3.05) is 0 Å². The number of pyridine rings is 1. The summed E-state index contributed by atoms with van der Waals surface area (Å²) in [4.78, 5) is 36.7. The van der Waals surface area contributed by atoms with E-state index in [4.69, 9.17) is 0 Å². The van der Waals surface area contributed by atoms with Gasteiger partial charge in [-0.2, -0.15) is 0 Å². The predicted octanol–water partition coefficient (Wildman–Crippen LogP) is 3.29. The van der Waals surface area contributed by atoms with Crippen LogP contribution in [0.25, 0.3) is 27.6 Å². The highest BCUT2D eigenvalue weighted by molar-refractivity contribution is 6.06. The normalized spacial score (nSPS) is 11.1. The minimum absolute atomic E-state index is 0.137. The van der Waals surface area contributed by atoms with Gasteiger partial charge in [0.15, 0.2) is 0 Å². The summed E-state index contributed by atoms with van der Waals surface area (Å²) in [5.74, 6) is 0. The van der Waals surface area contributed by atoms with Crippen molar-refractivity contribution in [2.24, 2.45) is 0 Å². The van der Waals surface area contributed by atoms with E-state index < -0.39 is 21.1 Å². The van der Waals surface area contributed by atoms with E-state index in [2.05, 4.69) is 4.98 Å². The van der Waals surface area contributed by atoms with Crippen LogP contribution in [-0.4, -0.2) is 19.4 Å². The van der Waals surface area contributed by atoms with Gasteiger partial charge in [0.1, 0.15) is 0 Å². The van der Waals surface area contributed by atoms with Crippen molar-refractivity contribution in [1.82, 2.24) is 9.55 Å². The molecule has 0 unspecified atom stereocenters. The maximum absolute atomic E-state index is 12.8. The Bertz CT molecular complexity index is 1250. The third-order valence-electron chi connectivity index (χ3n) is 4.15.